The Bertz CT molecular complexity index is 644. The average Bonchev–Trinajstić information content (AvgIpc) is 2.96. The summed E-state index contributed by atoms with van der Waals surface area (Å²) >= 11 is 5.87. The lowest BCUT2D eigenvalue weighted by molar-refractivity contribution is -0.385. The number of nitrogens with zero attached hydrogens (tertiary/aromatic N) is 3. The molecule has 0 radical (unpaired) electrons. The number of rotatable bonds is 6. The zero-order valence-electron chi connectivity index (χ0n) is 10.9. The first-order valence-corrected chi connectivity index (χ1v) is 6.52. The number of nitrogens with one attached hydrogen (secondary N) is 2. The number of amides is 1. The van der Waals surface area contributed by atoms with Gasteiger partial charge in [0, 0.05) is 19.0 Å². The third kappa shape index (κ3) is 3.76. The van der Waals surface area contributed by atoms with E-state index in [0.29, 0.717) is 25.2 Å². The summed E-state index contributed by atoms with van der Waals surface area (Å²) in [6.45, 7) is 0.349. The first kappa shape index (κ1) is 14.9. The molecule has 0 unspecified atom stereocenters. The summed E-state index contributed by atoms with van der Waals surface area (Å²) in [5, 5.41) is 20.0. The second kappa shape index (κ2) is 6.80. The van der Waals surface area contributed by atoms with Gasteiger partial charge < -0.3 is 5.32 Å². The number of nitro groups is 1. The summed E-state index contributed by atoms with van der Waals surface area (Å²) in [5.74, 6) is 0.151. The number of aromatic amines is 1. The molecule has 0 atom stereocenters. The Morgan fingerprint density at radius 2 is 2.29 bits per heavy atom. The summed E-state index contributed by atoms with van der Waals surface area (Å²) in [6, 6.07) is 4.12. The number of hydrogen-bond acceptors (Lipinski definition) is 5. The SMILES string of the molecule is O=C(NCCCc1ncn[nH]1)c1c(Cl)cccc1[N+](=O)[O-]. The van der Waals surface area contributed by atoms with E-state index in [1.807, 2.05) is 0 Å². The zero-order chi connectivity index (χ0) is 15.2. The lowest BCUT2D eigenvalue weighted by Gasteiger charge is -2.06. The number of hydrogen-bond donors (Lipinski definition) is 2. The van der Waals surface area contributed by atoms with E-state index in [0.717, 1.165) is 0 Å². The minimum Gasteiger partial charge on any atom is -0.352 e. The summed E-state index contributed by atoms with van der Waals surface area (Å²) in [5.41, 5.74) is -0.431. The number of carbonyl (C=O) groups is 1. The molecular weight excluding hydrogens is 298 g/mol. The van der Waals surface area contributed by atoms with Crippen molar-refractivity contribution in [2.75, 3.05) is 6.54 Å². The summed E-state index contributed by atoms with van der Waals surface area (Å²) in [4.78, 5) is 26.3. The highest BCUT2D eigenvalue weighted by atomic mass is 35.5. The molecule has 0 spiro atoms. The number of nitro benzene ring substituents is 1. The van der Waals surface area contributed by atoms with Crippen LogP contribution in [0.1, 0.15) is 22.6 Å². The van der Waals surface area contributed by atoms with Gasteiger partial charge >= 0.3 is 0 Å². The standard InChI is InChI=1S/C12H12ClN5O3/c13-8-3-1-4-9(18(20)21)11(8)12(19)14-6-2-5-10-15-7-16-17-10/h1,3-4,7H,2,5-6H2,(H,14,19)(H,15,16,17). The van der Waals surface area contributed by atoms with Gasteiger partial charge in [-0.3, -0.25) is 20.0 Å². The maximum atomic E-state index is 12.0. The molecule has 2 N–H and O–H groups in total. The number of benzene rings is 1. The summed E-state index contributed by atoms with van der Waals surface area (Å²) < 4.78 is 0. The zero-order valence-corrected chi connectivity index (χ0v) is 11.6. The normalized spacial score (nSPS) is 10.3. The predicted octanol–water partition coefficient (Wildman–Crippen LogP) is 1.73. The molecule has 0 aliphatic heterocycles. The van der Waals surface area contributed by atoms with Crippen LogP contribution in [0.15, 0.2) is 24.5 Å². The van der Waals surface area contributed by atoms with E-state index in [2.05, 4.69) is 20.5 Å². The first-order valence-electron chi connectivity index (χ1n) is 6.15. The Morgan fingerprint density at radius 1 is 1.48 bits per heavy atom. The number of aromatic nitrogens is 3. The second-order valence-electron chi connectivity index (χ2n) is 4.18. The molecule has 110 valence electrons. The van der Waals surface area contributed by atoms with Gasteiger partial charge in [0.05, 0.1) is 9.95 Å². The Kier molecular flexibility index (Phi) is 4.83. The van der Waals surface area contributed by atoms with Crippen molar-refractivity contribution in [1.29, 1.82) is 0 Å². The van der Waals surface area contributed by atoms with Crippen LogP contribution >= 0.6 is 11.6 Å². The van der Waals surface area contributed by atoms with E-state index in [1.165, 1.54) is 24.5 Å². The highest BCUT2D eigenvalue weighted by molar-refractivity contribution is 6.34. The van der Waals surface area contributed by atoms with E-state index < -0.39 is 10.8 Å². The van der Waals surface area contributed by atoms with Crippen LogP contribution in [0.3, 0.4) is 0 Å². The predicted molar refractivity (Wildman–Crippen MR) is 75.1 cm³/mol. The summed E-state index contributed by atoms with van der Waals surface area (Å²) in [7, 11) is 0. The first-order chi connectivity index (χ1) is 10.1. The molecule has 9 heteroatoms. The number of aryl methyl sites for hydroxylation is 1. The third-order valence-electron chi connectivity index (χ3n) is 2.76. The monoisotopic (exact) mass is 309 g/mol. The second-order valence-corrected chi connectivity index (χ2v) is 4.59. The molecule has 1 aromatic carbocycles. The van der Waals surface area contributed by atoms with Crippen molar-refractivity contribution in [3.8, 4) is 0 Å². The van der Waals surface area contributed by atoms with Gasteiger partial charge in [0.25, 0.3) is 11.6 Å². The van der Waals surface area contributed by atoms with Gasteiger partial charge in [-0.1, -0.05) is 17.7 Å². The average molecular weight is 310 g/mol. The van der Waals surface area contributed by atoms with Crippen molar-refractivity contribution >= 4 is 23.2 Å². The lowest BCUT2D eigenvalue weighted by Crippen LogP contribution is -2.26. The van der Waals surface area contributed by atoms with Gasteiger partial charge in [0.1, 0.15) is 17.7 Å². The van der Waals surface area contributed by atoms with Gasteiger partial charge in [0.15, 0.2) is 0 Å². The Labute approximate surface area is 124 Å². The van der Waals surface area contributed by atoms with Gasteiger partial charge in [-0.25, -0.2) is 4.98 Å². The molecule has 0 aliphatic rings. The Balaban J connectivity index is 1.95. The molecule has 21 heavy (non-hydrogen) atoms. The minimum absolute atomic E-state index is 0.0527. The largest absolute Gasteiger partial charge is 0.352 e. The van der Waals surface area contributed by atoms with Crippen LogP contribution in [0.5, 0.6) is 0 Å². The molecule has 0 aliphatic carbocycles. The molecule has 0 saturated carbocycles. The molecular formula is C12H12ClN5O3. The van der Waals surface area contributed by atoms with Crippen molar-refractivity contribution in [3.05, 3.63) is 51.1 Å². The van der Waals surface area contributed by atoms with Crippen molar-refractivity contribution < 1.29 is 9.72 Å². The van der Waals surface area contributed by atoms with Crippen molar-refractivity contribution in [2.45, 2.75) is 12.8 Å². The molecule has 1 aromatic heterocycles. The number of halogens is 1. The molecule has 8 nitrogen and oxygen atoms in total. The van der Waals surface area contributed by atoms with E-state index >= 15 is 0 Å². The number of H-pyrrole nitrogens is 1. The van der Waals surface area contributed by atoms with Crippen LogP contribution in [-0.2, 0) is 6.42 Å². The fraction of sp³-hybridized carbons (Fsp3) is 0.250. The maximum Gasteiger partial charge on any atom is 0.283 e. The highest BCUT2D eigenvalue weighted by Crippen LogP contribution is 2.25. The van der Waals surface area contributed by atoms with Crippen LogP contribution in [-0.4, -0.2) is 32.6 Å². The van der Waals surface area contributed by atoms with Gasteiger partial charge in [-0.2, -0.15) is 5.10 Å². The molecule has 0 fully saturated rings. The van der Waals surface area contributed by atoms with E-state index in [4.69, 9.17) is 11.6 Å². The molecule has 0 saturated heterocycles. The van der Waals surface area contributed by atoms with E-state index in [9.17, 15) is 14.9 Å². The molecule has 2 aromatic rings. The fourth-order valence-corrected chi connectivity index (χ4v) is 2.04. The van der Waals surface area contributed by atoms with Crippen molar-refractivity contribution in [3.63, 3.8) is 0 Å². The van der Waals surface area contributed by atoms with Crippen LogP contribution in [0, 0.1) is 10.1 Å². The number of carbonyl (C=O) groups excluding carboxylic acids is 1. The molecule has 2 rings (SSSR count). The molecule has 0 bridgehead atoms. The Hall–Kier alpha value is -2.48. The van der Waals surface area contributed by atoms with Crippen LogP contribution in [0.25, 0.3) is 0 Å². The fourth-order valence-electron chi connectivity index (χ4n) is 1.79. The van der Waals surface area contributed by atoms with Gasteiger partial charge in [-0.15, -0.1) is 0 Å². The van der Waals surface area contributed by atoms with E-state index in [1.54, 1.807) is 0 Å². The Morgan fingerprint density at radius 3 is 2.95 bits per heavy atom. The molecule has 1 heterocycles. The van der Waals surface area contributed by atoms with Crippen LogP contribution < -0.4 is 5.32 Å². The van der Waals surface area contributed by atoms with Crippen LogP contribution in [0.2, 0.25) is 5.02 Å². The van der Waals surface area contributed by atoms with Crippen LogP contribution in [0.4, 0.5) is 5.69 Å². The summed E-state index contributed by atoms with van der Waals surface area (Å²) in [6.07, 6.45) is 2.64. The lowest BCUT2D eigenvalue weighted by atomic mass is 10.1. The minimum atomic E-state index is -0.630. The quantitative estimate of drug-likeness (QED) is 0.479. The van der Waals surface area contributed by atoms with E-state index in [-0.39, 0.29) is 16.3 Å². The smallest absolute Gasteiger partial charge is 0.283 e. The molecule has 1 amide bonds. The van der Waals surface area contributed by atoms with Gasteiger partial charge in [0.2, 0.25) is 0 Å². The van der Waals surface area contributed by atoms with Gasteiger partial charge in [-0.05, 0) is 12.5 Å². The highest BCUT2D eigenvalue weighted by Gasteiger charge is 2.22. The third-order valence-corrected chi connectivity index (χ3v) is 3.07. The van der Waals surface area contributed by atoms with Crippen molar-refractivity contribution in [2.24, 2.45) is 0 Å². The maximum absolute atomic E-state index is 12.0. The van der Waals surface area contributed by atoms with Crippen molar-refractivity contribution in [1.82, 2.24) is 20.5 Å². The topological polar surface area (TPSA) is 114 Å².